The Labute approximate surface area is 170 Å². The Morgan fingerprint density at radius 1 is 1.48 bits per heavy atom. The smallest absolute Gasteiger partial charge is 0.272 e. The average Bonchev–Trinajstić information content (AvgIpc) is 3.38. The highest BCUT2D eigenvalue weighted by Gasteiger charge is 2.34. The molecule has 2 aromatic heterocycles. The summed E-state index contributed by atoms with van der Waals surface area (Å²) in [6, 6.07) is 5.45. The summed E-state index contributed by atoms with van der Waals surface area (Å²) in [5.74, 6) is 2.12. The Kier molecular flexibility index (Phi) is 6.29. The molecule has 152 valence electrons. The monoisotopic (exact) mass is 395 g/mol. The lowest BCUT2D eigenvalue weighted by Crippen LogP contribution is -2.44. The summed E-state index contributed by atoms with van der Waals surface area (Å²) in [4.78, 5) is 33.0. The van der Waals surface area contributed by atoms with Crippen molar-refractivity contribution in [1.82, 2.24) is 24.6 Å². The molecule has 29 heavy (non-hydrogen) atoms. The molecule has 3 rings (SSSR count). The van der Waals surface area contributed by atoms with Crippen molar-refractivity contribution >= 4 is 11.8 Å². The summed E-state index contributed by atoms with van der Waals surface area (Å²) < 4.78 is 6.90. The molecule has 1 saturated heterocycles. The minimum Gasteiger partial charge on any atom is -0.356 e. The average molecular weight is 395 g/mol. The molecule has 3 heterocycles. The highest BCUT2D eigenvalue weighted by atomic mass is 16.5. The molecule has 1 fully saturated rings. The zero-order valence-corrected chi connectivity index (χ0v) is 16.9. The van der Waals surface area contributed by atoms with Crippen LogP contribution in [0, 0.1) is 12.3 Å². The van der Waals surface area contributed by atoms with Crippen molar-refractivity contribution in [2.45, 2.75) is 25.5 Å². The predicted molar refractivity (Wildman–Crippen MR) is 108 cm³/mol. The van der Waals surface area contributed by atoms with Crippen LogP contribution in [-0.2, 0) is 16.6 Å². The Hall–Kier alpha value is -3.18. The topological polar surface area (TPSA) is 80.6 Å². The van der Waals surface area contributed by atoms with Crippen molar-refractivity contribution in [3.8, 4) is 23.6 Å². The molecule has 2 unspecified atom stereocenters. The molecular formula is C21H25N5O3. The molecule has 8 nitrogen and oxygen atoms in total. The van der Waals surface area contributed by atoms with E-state index in [9.17, 15) is 9.59 Å². The lowest BCUT2D eigenvalue weighted by Gasteiger charge is -2.27. The van der Waals surface area contributed by atoms with Crippen LogP contribution in [0.25, 0.3) is 11.3 Å². The van der Waals surface area contributed by atoms with Crippen LogP contribution in [0.2, 0.25) is 0 Å². The van der Waals surface area contributed by atoms with Crippen LogP contribution in [0.3, 0.4) is 0 Å². The summed E-state index contributed by atoms with van der Waals surface area (Å²) in [7, 11) is 3.49. The molecule has 2 atom stereocenters. The summed E-state index contributed by atoms with van der Waals surface area (Å²) in [6.07, 6.45) is 8.69. The van der Waals surface area contributed by atoms with E-state index in [1.54, 1.807) is 54.0 Å². The van der Waals surface area contributed by atoms with Gasteiger partial charge in [0.05, 0.1) is 11.7 Å². The molecule has 0 saturated carbocycles. The van der Waals surface area contributed by atoms with Crippen molar-refractivity contribution in [3.63, 3.8) is 0 Å². The SMILES string of the molecule is C#CCOC(C)C(=O)N(C)C1CCN(C(=O)c2cc(-c3cccnc3)nn2C)C1. The summed E-state index contributed by atoms with van der Waals surface area (Å²) in [5.41, 5.74) is 2.06. The number of rotatable bonds is 6. The number of aromatic nitrogens is 3. The van der Waals surface area contributed by atoms with Crippen molar-refractivity contribution < 1.29 is 14.3 Å². The highest BCUT2D eigenvalue weighted by molar-refractivity contribution is 5.94. The van der Waals surface area contributed by atoms with E-state index in [1.165, 1.54) is 0 Å². The van der Waals surface area contributed by atoms with E-state index >= 15 is 0 Å². The molecule has 2 amide bonds. The van der Waals surface area contributed by atoms with Crippen LogP contribution in [0.5, 0.6) is 0 Å². The minimum atomic E-state index is -0.611. The molecule has 0 N–H and O–H groups in total. The third-order valence-corrected chi connectivity index (χ3v) is 5.17. The zero-order valence-electron chi connectivity index (χ0n) is 16.9. The third-order valence-electron chi connectivity index (χ3n) is 5.17. The number of carbonyl (C=O) groups excluding carboxylic acids is 2. The van der Waals surface area contributed by atoms with Gasteiger partial charge in [-0.2, -0.15) is 5.10 Å². The predicted octanol–water partition coefficient (Wildman–Crippen LogP) is 1.19. The fourth-order valence-electron chi connectivity index (χ4n) is 3.44. The molecule has 0 bridgehead atoms. The molecule has 2 aromatic rings. The van der Waals surface area contributed by atoms with Gasteiger partial charge in [0.15, 0.2) is 0 Å². The van der Waals surface area contributed by atoms with Crippen LogP contribution >= 0.6 is 0 Å². The van der Waals surface area contributed by atoms with Crippen LogP contribution in [0.4, 0.5) is 0 Å². The standard InChI is InChI=1S/C21H25N5O3/c1-5-11-29-15(2)20(27)24(3)17-8-10-26(14-17)21(28)19-12-18(23-25(19)4)16-7-6-9-22-13-16/h1,6-7,9,12-13,15,17H,8,10-11,14H2,2-4H3. The Balaban J connectivity index is 1.66. The second-order valence-electron chi connectivity index (χ2n) is 7.08. The van der Waals surface area contributed by atoms with Gasteiger partial charge in [-0.1, -0.05) is 5.92 Å². The van der Waals surface area contributed by atoms with E-state index < -0.39 is 6.10 Å². The first-order valence-electron chi connectivity index (χ1n) is 9.47. The number of likely N-dealkylation sites (N-methyl/N-ethyl adjacent to an activating group) is 1. The summed E-state index contributed by atoms with van der Waals surface area (Å²) in [6.45, 7) is 2.82. The first-order valence-corrected chi connectivity index (χ1v) is 9.47. The maximum absolute atomic E-state index is 13.0. The molecular weight excluding hydrogens is 370 g/mol. The van der Waals surface area contributed by atoms with E-state index in [1.807, 2.05) is 12.1 Å². The van der Waals surface area contributed by atoms with E-state index in [0.29, 0.717) is 30.9 Å². The molecule has 0 aliphatic carbocycles. The first kappa shape index (κ1) is 20.6. The number of pyridine rings is 1. The van der Waals surface area contributed by atoms with Crippen LogP contribution in [0.1, 0.15) is 23.8 Å². The van der Waals surface area contributed by atoms with Crippen molar-refractivity contribution in [1.29, 1.82) is 0 Å². The second kappa shape index (κ2) is 8.88. The highest BCUT2D eigenvalue weighted by Crippen LogP contribution is 2.22. The van der Waals surface area contributed by atoms with Gasteiger partial charge in [-0.3, -0.25) is 19.3 Å². The van der Waals surface area contributed by atoms with Crippen LogP contribution in [0.15, 0.2) is 30.6 Å². The minimum absolute atomic E-state index is 0.0608. The number of terminal acetylenes is 1. The van der Waals surface area contributed by atoms with Crippen molar-refractivity contribution in [2.75, 3.05) is 26.7 Å². The third kappa shape index (κ3) is 4.46. The molecule has 1 aliphatic heterocycles. The van der Waals surface area contributed by atoms with Gasteiger partial charge in [0.1, 0.15) is 18.4 Å². The van der Waals surface area contributed by atoms with Gasteiger partial charge in [0, 0.05) is 45.1 Å². The quantitative estimate of drug-likeness (QED) is 0.687. The van der Waals surface area contributed by atoms with E-state index in [0.717, 1.165) is 5.56 Å². The maximum Gasteiger partial charge on any atom is 0.272 e. The normalized spacial score (nSPS) is 17.0. The van der Waals surface area contributed by atoms with Crippen LogP contribution < -0.4 is 0 Å². The van der Waals surface area contributed by atoms with Gasteiger partial charge in [-0.15, -0.1) is 6.42 Å². The van der Waals surface area contributed by atoms with Gasteiger partial charge < -0.3 is 14.5 Å². The number of hydrogen-bond donors (Lipinski definition) is 0. The van der Waals surface area contributed by atoms with E-state index in [2.05, 4.69) is 16.0 Å². The van der Waals surface area contributed by atoms with Gasteiger partial charge in [-0.05, 0) is 31.5 Å². The maximum atomic E-state index is 13.0. The summed E-state index contributed by atoms with van der Waals surface area (Å²) in [5, 5.41) is 4.44. The fraction of sp³-hybridized carbons (Fsp3) is 0.429. The number of ether oxygens (including phenoxy) is 1. The molecule has 8 heteroatoms. The number of amides is 2. The number of aryl methyl sites for hydroxylation is 1. The molecule has 0 radical (unpaired) electrons. The van der Waals surface area contributed by atoms with Gasteiger partial charge in [0.2, 0.25) is 0 Å². The molecule has 0 aromatic carbocycles. The van der Waals surface area contributed by atoms with E-state index in [-0.39, 0.29) is 24.5 Å². The fourth-order valence-corrected chi connectivity index (χ4v) is 3.44. The van der Waals surface area contributed by atoms with Gasteiger partial charge in [-0.25, -0.2) is 0 Å². The number of nitrogens with zero attached hydrogens (tertiary/aromatic N) is 5. The Morgan fingerprint density at radius 3 is 2.97 bits per heavy atom. The Bertz CT molecular complexity index is 918. The van der Waals surface area contributed by atoms with Crippen molar-refractivity contribution in [2.24, 2.45) is 7.05 Å². The zero-order chi connectivity index (χ0) is 21.0. The summed E-state index contributed by atoms with van der Waals surface area (Å²) >= 11 is 0. The number of carbonyl (C=O) groups is 2. The van der Waals surface area contributed by atoms with Crippen LogP contribution in [-0.4, -0.2) is 75.3 Å². The molecule has 0 spiro atoms. The lowest BCUT2D eigenvalue weighted by atomic mass is 10.2. The first-order chi connectivity index (χ1) is 13.9. The van der Waals surface area contributed by atoms with Gasteiger partial charge >= 0.3 is 0 Å². The van der Waals surface area contributed by atoms with Gasteiger partial charge in [0.25, 0.3) is 11.8 Å². The van der Waals surface area contributed by atoms with E-state index in [4.69, 9.17) is 11.2 Å². The lowest BCUT2D eigenvalue weighted by molar-refractivity contribution is -0.142. The number of hydrogen-bond acceptors (Lipinski definition) is 5. The molecule has 1 aliphatic rings. The largest absolute Gasteiger partial charge is 0.356 e. The van der Waals surface area contributed by atoms with Crippen molar-refractivity contribution in [3.05, 3.63) is 36.3 Å². The Morgan fingerprint density at radius 2 is 2.28 bits per heavy atom. The number of likely N-dealkylation sites (tertiary alicyclic amines) is 1. The second-order valence-corrected chi connectivity index (χ2v) is 7.08.